The maximum Gasteiger partial charge on any atom is 0.234 e. The van der Waals surface area contributed by atoms with Gasteiger partial charge in [0, 0.05) is 0 Å². The zero-order valence-electron chi connectivity index (χ0n) is 9.68. The Morgan fingerprint density at radius 3 is 1.45 bits per heavy atom. The molecule has 8 nitrogen and oxygen atoms in total. The van der Waals surface area contributed by atoms with Crippen molar-refractivity contribution in [2.24, 2.45) is 0 Å². The van der Waals surface area contributed by atoms with E-state index in [9.17, 15) is 9.59 Å². The Bertz CT molecular complexity index is 814. The second kappa shape index (κ2) is 3.49. The Morgan fingerprint density at radius 1 is 0.800 bits per heavy atom. The van der Waals surface area contributed by atoms with Crippen LogP contribution in [0.3, 0.4) is 0 Å². The van der Waals surface area contributed by atoms with Gasteiger partial charge in [0.25, 0.3) is 0 Å². The van der Waals surface area contributed by atoms with Crippen LogP contribution in [0, 0.1) is 22.7 Å². The molecule has 4 N–H and O–H groups in total. The number of nitrogens with two attached hydrogens (primary N) is 2. The van der Waals surface area contributed by atoms with Crippen LogP contribution in [0.15, 0.2) is 8.83 Å². The van der Waals surface area contributed by atoms with Crippen molar-refractivity contribution in [3.63, 3.8) is 0 Å². The number of hydrogen-bond acceptors (Lipinski definition) is 8. The lowest BCUT2D eigenvalue weighted by molar-refractivity contribution is 0.0945. The molecule has 0 saturated heterocycles. The minimum absolute atomic E-state index is 0.238. The Kier molecular flexibility index (Phi) is 2.02. The largest absolute Gasteiger partial charge is 0.435 e. The summed E-state index contributed by atoms with van der Waals surface area (Å²) in [5.74, 6) is -2.96. The molecule has 0 fully saturated rings. The summed E-state index contributed by atoms with van der Waals surface area (Å²) in [4.78, 5) is 24.5. The number of nitriles is 2. The Hall–Kier alpha value is -3.52. The number of carbonyl (C=O) groups is 2. The molecule has 0 radical (unpaired) electrons. The predicted molar refractivity (Wildman–Crippen MR) is 62.5 cm³/mol. The Balaban J connectivity index is 2.40. The molecule has 0 saturated carbocycles. The van der Waals surface area contributed by atoms with E-state index in [-0.39, 0.29) is 45.5 Å². The summed E-state index contributed by atoms with van der Waals surface area (Å²) < 4.78 is 9.94. The molecule has 0 aliphatic heterocycles. The van der Waals surface area contributed by atoms with Crippen molar-refractivity contribution in [1.29, 1.82) is 10.5 Å². The van der Waals surface area contributed by atoms with Crippen LogP contribution in [0.25, 0.3) is 0 Å². The molecule has 0 bridgehead atoms. The molecule has 0 spiro atoms. The van der Waals surface area contributed by atoms with Gasteiger partial charge in [-0.25, -0.2) is 0 Å². The first-order valence-corrected chi connectivity index (χ1v) is 5.25. The van der Waals surface area contributed by atoms with Gasteiger partial charge in [-0.1, -0.05) is 0 Å². The first kappa shape index (κ1) is 11.6. The zero-order valence-corrected chi connectivity index (χ0v) is 9.68. The van der Waals surface area contributed by atoms with Crippen molar-refractivity contribution >= 4 is 23.3 Å². The molecule has 1 aliphatic carbocycles. The summed E-state index contributed by atoms with van der Waals surface area (Å²) in [5, 5.41) is 17.9. The third kappa shape index (κ3) is 1.12. The zero-order chi connectivity index (χ0) is 14.6. The second-order valence-corrected chi connectivity index (χ2v) is 3.97. The van der Waals surface area contributed by atoms with E-state index in [2.05, 4.69) is 0 Å². The van der Waals surface area contributed by atoms with Crippen LogP contribution in [0.4, 0.5) is 11.8 Å². The highest BCUT2D eigenvalue weighted by Gasteiger charge is 2.42. The van der Waals surface area contributed by atoms with Crippen LogP contribution in [0.2, 0.25) is 0 Å². The predicted octanol–water partition coefficient (Wildman–Crippen LogP) is 0.556. The van der Waals surface area contributed by atoms with Crippen LogP contribution in [-0.2, 0) is 0 Å². The number of anilines is 2. The monoisotopic (exact) mass is 268 g/mol. The number of furan rings is 2. The van der Waals surface area contributed by atoms with Crippen LogP contribution in [0.5, 0.6) is 0 Å². The van der Waals surface area contributed by atoms with Gasteiger partial charge < -0.3 is 20.3 Å². The summed E-state index contributed by atoms with van der Waals surface area (Å²) in [6, 6.07) is 3.38. The van der Waals surface area contributed by atoms with Gasteiger partial charge in [0.15, 0.2) is 11.5 Å². The van der Waals surface area contributed by atoms with E-state index in [1.165, 1.54) is 0 Å². The molecule has 3 rings (SSSR count). The lowest BCUT2D eigenvalue weighted by atomic mass is 9.90. The van der Waals surface area contributed by atoms with Crippen LogP contribution in [0.1, 0.15) is 43.4 Å². The van der Waals surface area contributed by atoms with Gasteiger partial charge in [0.05, 0.1) is 11.1 Å². The highest BCUT2D eigenvalue weighted by atomic mass is 16.4. The summed E-state index contributed by atoms with van der Waals surface area (Å²) in [5.41, 5.74) is 9.89. The molecule has 2 aromatic heterocycles. The lowest BCUT2D eigenvalue weighted by Gasteiger charge is -2.06. The molecular formula is C12H4N4O4. The number of hydrogen-bond donors (Lipinski definition) is 2. The fraction of sp³-hybridized carbons (Fsp3) is 0. The number of nitrogens with zero attached hydrogens (tertiary/aromatic N) is 2. The van der Waals surface area contributed by atoms with E-state index in [1.807, 2.05) is 0 Å². The van der Waals surface area contributed by atoms with Gasteiger partial charge in [-0.05, 0) is 0 Å². The topological polar surface area (TPSA) is 160 Å². The summed E-state index contributed by atoms with van der Waals surface area (Å²) in [7, 11) is 0. The molecular weight excluding hydrogens is 264 g/mol. The van der Waals surface area contributed by atoms with E-state index in [0.29, 0.717) is 0 Å². The van der Waals surface area contributed by atoms with Gasteiger partial charge in [0.1, 0.15) is 23.3 Å². The maximum atomic E-state index is 12.3. The minimum Gasteiger partial charge on any atom is -0.435 e. The third-order valence-electron chi connectivity index (χ3n) is 2.96. The highest BCUT2D eigenvalue weighted by Crippen LogP contribution is 2.38. The molecule has 96 valence electrons. The van der Waals surface area contributed by atoms with E-state index in [4.69, 9.17) is 30.8 Å². The van der Waals surface area contributed by atoms with Gasteiger partial charge in [-0.2, -0.15) is 10.5 Å². The fourth-order valence-electron chi connectivity index (χ4n) is 2.10. The van der Waals surface area contributed by atoms with Gasteiger partial charge >= 0.3 is 0 Å². The molecule has 2 aromatic rings. The van der Waals surface area contributed by atoms with Crippen molar-refractivity contribution in [3.05, 3.63) is 33.8 Å². The summed E-state index contributed by atoms with van der Waals surface area (Å²) in [6.45, 7) is 0. The van der Waals surface area contributed by atoms with Gasteiger partial charge in [0.2, 0.25) is 23.3 Å². The minimum atomic E-state index is -0.764. The average molecular weight is 268 g/mol. The van der Waals surface area contributed by atoms with E-state index >= 15 is 0 Å². The number of carbonyl (C=O) groups excluding carboxylic acids is 2. The van der Waals surface area contributed by atoms with Crippen LogP contribution in [-0.4, -0.2) is 11.6 Å². The standard InChI is InChI=1S/C12H4N4O4/c13-1-3-5-7(17)10-6(4(2-14)12(16)20-10)8(18)9(5)19-11(3)15/h15-16H2. The molecule has 0 aromatic carbocycles. The summed E-state index contributed by atoms with van der Waals surface area (Å²) >= 11 is 0. The average Bonchev–Trinajstić information content (AvgIpc) is 2.93. The number of rotatable bonds is 0. The third-order valence-corrected chi connectivity index (χ3v) is 2.96. The van der Waals surface area contributed by atoms with Crippen molar-refractivity contribution in [1.82, 2.24) is 0 Å². The normalized spacial score (nSPS) is 12.5. The van der Waals surface area contributed by atoms with Crippen molar-refractivity contribution in [2.45, 2.75) is 0 Å². The maximum absolute atomic E-state index is 12.3. The van der Waals surface area contributed by atoms with Crippen molar-refractivity contribution in [2.75, 3.05) is 11.5 Å². The smallest absolute Gasteiger partial charge is 0.234 e. The molecule has 0 atom stereocenters. The van der Waals surface area contributed by atoms with E-state index < -0.39 is 11.6 Å². The molecule has 0 unspecified atom stereocenters. The van der Waals surface area contributed by atoms with Gasteiger partial charge in [-0.3, -0.25) is 9.59 Å². The second-order valence-electron chi connectivity index (χ2n) is 3.97. The highest BCUT2D eigenvalue weighted by molar-refractivity contribution is 6.28. The number of fused-ring (bicyclic) bond motifs is 2. The molecule has 20 heavy (non-hydrogen) atoms. The SMILES string of the molecule is N#Cc1c(N)oc2c1C(=O)c1oc(N)c(C#N)c1C2=O. The van der Waals surface area contributed by atoms with Crippen molar-refractivity contribution < 1.29 is 18.4 Å². The van der Waals surface area contributed by atoms with Crippen molar-refractivity contribution in [3.8, 4) is 12.1 Å². The molecule has 0 amide bonds. The fourth-order valence-corrected chi connectivity index (χ4v) is 2.10. The van der Waals surface area contributed by atoms with Gasteiger partial charge in [-0.15, -0.1) is 0 Å². The van der Waals surface area contributed by atoms with Crippen LogP contribution >= 0.6 is 0 Å². The molecule has 1 aliphatic rings. The quantitative estimate of drug-likeness (QED) is 0.597. The van der Waals surface area contributed by atoms with Crippen LogP contribution < -0.4 is 11.5 Å². The Labute approximate surface area is 110 Å². The number of ketones is 2. The summed E-state index contributed by atoms with van der Waals surface area (Å²) in [6.07, 6.45) is 0. The number of nitrogen functional groups attached to an aromatic ring is 2. The first-order chi connectivity index (χ1) is 9.51. The first-order valence-electron chi connectivity index (χ1n) is 5.25. The van der Waals surface area contributed by atoms with E-state index in [1.54, 1.807) is 12.1 Å². The lowest BCUT2D eigenvalue weighted by Crippen LogP contribution is -2.19. The van der Waals surface area contributed by atoms with E-state index in [0.717, 1.165) is 0 Å². The molecule has 8 heteroatoms. The molecule has 2 heterocycles. The Morgan fingerprint density at radius 2 is 1.15 bits per heavy atom.